The highest BCUT2D eigenvalue weighted by atomic mass is 16.5. The molecule has 1 aliphatic rings. The van der Waals surface area contributed by atoms with Gasteiger partial charge < -0.3 is 15.4 Å². The fraction of sp³-hybridized carbons (Fsp3) is 0.316. The quantitative estimate of drug-likeness (QED) is 0.833. The van der Waals surface area contributed by atoms with Gasteiger partial charge in [0.1, 0.15) is 5.75 Å². The number of hydrogen-bond donors (Lipinski definition) is 1. The maximum atomic E-state index is 12.9. The van der Waals surface area contributed by atoms with E-state index in [1.165, 1.54) is 0 Å². The van der Waals surface area contributed by atoms with E-state index in [9.17, 15) is 4.79 Å². The van der Waals surface area contributed by atoms with Crippen molar-refractivity contribution in [2.75, 3.05) is 18.0 Å². The molecule has 0 bridgehead atoms. The third-order valence-corrected chi connectivity index (χ3v) is 4.08. The Morgan fingerprint density at radius 2 is 1.70 bits per heavy atom. The Labute approximate surface area is 136 Å². The van der Waals surface area contributed by atoms with Crippen LogP contribution in [0.3, 0.4) is 0 Å². The number of para-hydroxylation sites is 2. The van der Waals surface area contributed by atoms with Crippen molar-refractivity contribution >= 4 is 11.6 Å². The molecule has 2 N–H and O–H groups in total. The number of nitrogens with zero attached hydrogens (tertiary/aromatic N) is 1. The highest BCUT2D eigenvalue weighted by molar-refractivity contribution is 6.00. The molecule has 120 valence electrons. The summed E-state index contributed by atoms with van der Waals surface area (Å²) < 4.78 is 5.98. The lowest BCUT2D eigenvalue weighted by atomic mass is 10.0. The van der Waals surface area contributed by atoms with E-state index in [1.54, 1.807) is 0 Å². The minimum atomic E-state index is -0.569. The molecule has 0 fully saturated rings. The predicted octanol–water partition coefficient (Wildman–Crippen LogP) is 3.28. The number of benzene rings is 2. The van der Waals surface area contributed by atoms with Crippen LogP contribution in [-0.4, -0.2) is 19.0 Å². The number of amides is 1. The zero-order valence-electron chi connectivity index (χ0n) is 13.2. The molecule has 0 aliphatic carbocycles. The van der Waals surface area contributed by atoms with E-state index in [4.69, 9.17) is 10.5 Å². The van der Waals surface area contributed by atoms with Gasteiger partial charge in [0.15, 0.2) is 0 Å². The second kappa shape index (κ2) is 7.29. The molecule has 3 rings (SSSR count). The van der Waals surface area contributed by atoms with Crippen LogP contribution in [0.2, 0.25) is 0 Å². The summed E-state index contributed by atoms with van der Waals surface area (Å²) in [5, 5.41) is 0. The highest BCUT2D eigenvalue weighted by Crippen LogP contribution is 2.38. The molecule has 2 aromatic carbocycles. The monoisotopic (exact) mass is 310 g/mol. The Bertz CT molecular complexity index is 657. The number of hydrogen-bond acceptors (Lipinski definition) is 3. The molecule has 0 spiro atoms. The number of unbranched alkanes of at least 4 members (excludes halogenated alkanes) is 2. The van der Waals surface area contributed by atoms with Gasteiger partial charge in [0, 0.05) is 12.1 Å². The molecule has 1 aliphatic heterocycles. The highest BCUT2D eigenvalue weighted by Gasteiger charge is 2.34. The van der Waals surface area contributed by atoms with Crippen LogP contribution in [0.15, 0.2) is 54.6 Å². The minimum absolute atomic E-state index is 0.00245. The summed E-state index contributed by atoms with van der Waals surface area (Å²) in [4.78, 5) is 14.8. The number of carbonyl (C=O) groups is 1. The lowest BCUT2D eigenvalue weighted by molar-refractivity contribution is -0.126. The SMILES string of the molecule is NCCCCCN1C(=O)C(c2ccccc2)Oc2ccccc21. The van der Waals surface area contributed by atoms with Crippen LogP contribution in [0.5, 0.6) is 5.75 Å². The van der Waals surface area contributed by atoms with Crippen molar-refractivity contribution in [1.29, 1.82) is 0 Å². The van der Waals surface area contributed by atoms with Crippen LogP contribution in [0.4, 0.5) is 5.69 Å². The van der Waals surface area contributed by atoms with Crippen LogP contribution in [0, 0.1) is 0 Å². The van der Waals surface area contributed by atoms with E-state index < -0.39 is 6.10 Å². The summed E-state index contributed by atoms with van der Waals surface area (Å²) in [6.45, 7) is 1.39. The van der Waals surface area contributed by atoms with E-state index in [-0.39, 0.29) is 5.91 Å². The van der Waals surface area contributed by atoms with Crippen molar-refractivity contribution in [2.24, 2.45) is 5.73 Å². The van der Waals surface area contributed by atoms with Crippen molar-refractivity contribution in [1.82, 2.24) is 0 Å². The lowest BCUT2D eigenvalue weighted by Gasteiger charge is -2.34. The molecule has 1 amide bonds. The first-order valence-electron chi connectivity index (χ1n) is 8.13. The molecule has 1 atom stereocenters. The van der Waals surface area contributed by atoms with Gasteiger partial charge in [0.2, 0.25) is 6.10 Å². The Kier molecular flexibility index (Phi) is 4.93. The molecular formula is C19H22N2O2. The number of ether oxygens (including phenoxy) is 1. The normalized spacial score (nSPS) is 16.8. The molecule has 23 heavy (non-hydrogen) atoms. The van der Waals surface area contributed by atoms with Crippen LogP contribution >= 0.6 is 0 Å². The number of rotatable bonds is 6. The van der Waals surface area contributed by atoms with Gasteiger partial charge in [0.05, 0.1) is 5.69 Å². The van der Waals surface area contributed by atoms with E-state index in [0.717, 1.165) is 36.3 Å². The van der Waals surface area contributed by atoms with Crippen molar-refractivity contribution in [3.63, 3.8) is 0 Å². The zero-order valence-corrected chi connectivity index (χ0v) is 13.2. The van der Waals surface area contributed by atoms with E-state index >= 15 is 0 Å². The van der Waals surface area contributed by atoms with Gasteiger partial charge in [-0.2, -0.15) is 0 Å². The summed E-state index contributed by atoms with van der Waals surface area (Å²) in [6, 6.07) is 17.4. The maximum Gasteiger partial charge on any atom is 0.272 e. The smallest absolute Gasteiger partial charge is 0.272 e. The Morgan fingerprint density at radius 3 is 2.48 bits per heavy atom. The van der Waals surface area contributed by atoms with E-state index in [0.29, 0.717) is 13.1 Å². The zero-order chi connectivity index (χ0) is 16.1. The summed E-state index contributed by atoms with van der Waals surface area (Å²) in [6.07, 6.45) is 2.39. The van der Waals surface area contributed by atoms with E-state index in [2.05, 4.69) is 0 Å². The number of fused-ring (bicyclic) bond motifs is 1. The number of anilines is 1. The maximum absolute atomic E-state index is 12.9. The molecule has 4 heteroatoms. The third kappa shape index (κ3) is 3.37. The van der Waals surface area contributed by atoms with Crippen molar-refractivity contribution in [3.05, 3.63) is 60.2 Å². The first kappa shape index (κ1) is 15.6. The van der Waals surface area contributed by atoms with Crippen LogP contribution in [-0.2, 0) is 4.79 Å². The van der Waals surface area contributed by atoms with Gasteiger partial charge in [-0.25, -0.2) is 0 Å². The van der Waals surface area contributed by atoms with Gasteiger partial charge in [-0.05, 0) is 31.5 Å². The molecule has 0 saturated heterocycles. The summed E-state index contributed by atoms with van der Waals surface area (Å²) in [5.41, 5.74) is 7.30. The number of carbonyl (C=O) groups excluding carboxylic acids is 1. The lowest BCUT2D eigenvalue weighted by Crippen LogP contribution is -2.41. The van der Waals surface area contributed by atoms with Crippen molar-refractivity contribution < 1.29 is 9.53 Å². The first-order chi connectivity index (χ1) is 11.3. The van der Waals surface area contributed by atoms with Crippen LogP contribution in [0.1, 0.15) is 30.9 Å². The minimum Gasteiger partial charge on any atom is -0.474 e. The summed E-state index contributed by atoms with van der Waals surface area (Å²) in [5.74, 6) is 0.766. The molecule has 4 nitrogen and oxygen atoms in total. The summed E-state index contributed by atoms with van der Waals surface area (Å²) >= 11 is 0. The van der Waals surface area contributed by atoms with E-state index in [1.807, 2.05) is 59.5 Å². The largest absolute Gasteiger partial charge is 0.474 e. The topological polar surface area (TPSA) is 55.6 Å². The second-order valence-electron chi connectivity index (χ2n) is 5.72. The van der Waals surface area contributed by atoms with Gasteiger partial charge in [0.25, 0.3) is 5.91 Å². The molecule has 0 radical (unpaired) electrons. The van der Waals surface area contributed by atoms with Gasteiger partial charge >= 0.3 is 0 Å². The van der Waals surface area contributed by atoms with Crippen molar-refractivity contribution in [2.45, 2.75) is 25.4 Å². The number of nitrogens with two attached hydrogens (primary N) is 1. The molecule has 0 aromatic heterocycles. The predicted molar refractivity (Wildman–Crippen MR) is 91.5 cm³/mol. The average molecular weight is 310 g/mol. The fourth-order valence-electron chi connectivity index (χ4n) is 2.88. The third-order valence-electron chi connectivity index (χ3n) is 4.08. The van der Waals surface area contributed by atoms with Crippen LogP contribution < -0.4 is 15.4 Å². The first-order valence-corrected chi connectivity index (χ1v) is 8.13. The van der Waals surface area contributed by atoms with Gasteiger partial charge in [-0.1, -0.05) is 48.9 Å². The molecule has 2 aromatic rings. The van der Waals surface area contributed by atoms with Gasteiger partial charge in [-0.3, -0.25) is 4.79 Å². The standard InChI is InChI=1S/C19H22N2O2/c20-13-7-2-8-14-21-16-11-5-6-12-17(16)23-18(19(21)22)15-9-3-1-4-10-15/h1,3-6,9-12,18H,2,7-8,13-14,20H2. The average Bonchev–Trinajstić information content (AvgIpc) is 2.60. The Balaban J connectivity index is 1.85. The Hall–Kier alpha value is -2.33. The molecule has 1 heterocycles. The fourth-order valence-corrected chi connectivity index (χ4v) is 2.88. The van der Waals surface area contributed by atoms with Crippen molar-refractivity contribution in [3.8, 4) is 5.75 Å². The van der Waals surface area contributed by atoms with Gasteiger partial charge in [-0.15, -0.1) is 0 Å². The summed E-state index contributed by atoms with van der Waals surface area (Å²) in [7, 11) is 0. The second-order valence-corrected chi connectivity index (χ2v) is 5.72. The van der Waals surface area contributed by atoms with Crippen LogP contribution in [0.25, 0.3) is 0 Å². The molecular weight excluding hydrogens is 288 g/mol. The molecule has 1 unspecified atom stereocenters. The Morgan fingerprint density at radius 1 is 0.957 bits per heavy atom. The molecule has 0 saturated carbocycles.